The van der Waals surface area contributed by atoms with Gasteiger partial charge in [0.25, 0.3) is 5.91 Å². The summed E-state index contributed by atoms with van der Waals surface area (Å²) in [6, 6.07) is 6.81. The van der Waals surface area contributed by atoms with Crippen molar-refractivity contribution in [1.82, 2.24) is 10.6 Å². The summed E-state index contributed by atoms with van der Waals surface area (Å²) in [5.41, 5.74) is 6.33. The summed E-state index contributed by atoms with van der Waals surface area (Å²) in [6.45, 7) is 0.815. The molecule has 0 aliphatic heterocycles. The van der Waals surface area contributed by atoms with Crippen molar-refractivity contribution in [3.05, 3.63) is 34.9 Å². The van der Waals surface area contributed by atoms with E-state index in [4.69, 9.17) is 17.3 Å². The average molecular weight is 346 g/mol. The van der Waals surface area contributed by atoms with Crippen LogP contribution in [0.15, 0.2) is 24.3 Å². The monoisotopic (exact) mass is 345 g/mol. The molecule has 7 heteroatoms. The molecule has 2 unspecified atom stereocenters. The Bertz CT molecular complexity index is 508. The number of halogens is 2. The number of hydrogen-bond donors (Lipinski definition) is 3. The van der Waals surface area contributed by atoms with Crippen LogP contribution in [0, 0.1) is 5.92 Å². The Morgan fingerprint density at radius 2 is 1.77 bits per heavy atom. The van der Waals surface area contributed by atoms with Gasteiger partial charge in [0.05, 0.1) is 0 Å². The van der Waals surface area contributed by atoms with Crippen LogP contribution in [-0.4, -0.2) is 30.9 Å². The van der Waals surface area contributed by atoms with E-state index in [0.29, 0.717) is 23.7 Å². The van der Waals surface area contributed by atoms with E-state index in [1.807, 2.05) is 0 Å². The van der Waals surface area contributed by atoms with Crippen molar-refractivity contribution in [3.63, 3.8) is 0 Å². The number of amides is 2. The van der Waals surface area contributed by atoms with Gasteiger partial charge in [-0.15, -0.1) is 12.4 Å². The fourth-order valence-corrected chi connectivity index (χ4v) is 2.59. The number of carbonyl (C=O) groups excluding carboxylic acids is 2. The Labute approximate surface area is 141 Å². The Morgan fingerprint density at radius 3 is 2.36 bits per heavy atom. The zero-order valence-corrected chi connectivity index (χ0v) is 13.8. The Kier molecular flexibility index (Phi) is 7.65. The maximum absolute atomic E-state index is 11.8. The van der Waals surface area contributed by atoms with Gasteiger partial charge < -0.3 is 16.4 Å². The molecule has 0 spiro atoms. The van der Waals surface area contributed by atoms with Crippen LogP contribution >= 0.6 is 24.0 Å². The lowest BCUT2D eigenvalue weighted by atomic mass is 10.1. The van der Waals surface area contributed by atoms with Crippen molar-refractivity contribution in [1.29, 1.82) is 0 Å². The lowest BCUT2D eigenvalue weighted by molar-refractivity contribution is -0.124. The molecule has 5 nitrogen and oxygen atoms in total. The molecule has 1 aromatic rings. The van der Waals surface area contributed by atoms with Crippen molar-refractivity contribution in [2.24, 2.45) is 11.7 Å². The summed E-state index contributed by atoms with van der Waals surface area (Å²) in [6.07, 6.45) is 2.51. The highest BCUT2D eigenvalue weighted by Gasteiger charge is 2.27. The SMILES string of the molecule is Cl.NC1CCC(C(=O)NCCNC(=O)c2ccc(Cl)cc2)C1. The van der Waals surface area contributed by atoms with Crippen molar-refractivity contribution in [2.75, 3.05) is 13.1 Å². The highest BCUT2D eigenvalue weighted by atomic mass is 35.5. The summed E-state index contributed by atoms with van der Waals surface area (Å²) in [5, 5.41) is 6.17. The number of carbonyl (C=O) groups is 2. The molecule has 2 atom stereocenters. The van der Waals surface area contributed by atoms with Crippen LogP contribution in [0.2, 0.25) is 5.02 Å². The first kappa shape index (κ1) is 18.7. The van der Waals surface area contributed by atoms with E-state index in [-0.39, 0.29) is 36.2 Å². The van der Waals surface area contributed by atoms with Gasteiger partial charge in [-0.1, -0.05) is 11.6 Å². The zero-order chi connectivity index (χ0) is 15.2. The molecule has 2 amide bonds. The summed E-state index contributed by atoms with van der Waals surface area (Å²) >= 11 is 5.76. The minimum atomic E-state index is -0.177. The maximum Gasteiger partial charge on any atom is 0.251 e. The lowest BCUT2D eigenvalue weighted by Crippen LogP contribution is -2.37. The van der Waals surface area contributed by atoms with Crippen molar-refractivity contribution >= 4 is 35.8 Å². The number of benzene rings is 1. The van der Waals surface area contributed by atoms with E-state index >= 15 is 0 Å². The predicted octanol–water partition coefficient (Wildman–Crippen LogP) is 1.74. The number of rotatable bonds is 5. The van der Waals surface area contributed by atoms with E-state index in [9.17, 15) is 9.59 Å². The van der Waals surface area contributed by atoms with E-state index in [1.54, 1.807) is 24.3 Å². The molecule has 2 rings (SSSR count). The van der Waals surface area contributed by atoms with Gasteiger partial charge in [0.15, 0.2) is 0 Å². The Balaban J connectivity index is 0.00000242. The maximum atomic E-state index is 11.8. The predicted molar refractivity (Wildman–Crippen MR) is 89.4 cm³/mol. The molecule has 0 radical (unpaired) electrons. The standard InChI is InChI=1S/C15H20ClN3O2.ClH/c16-12-4-1-10(2-5-12)14(20)18-7-8-19-15(21)11-3-6-13(17)9-11;/h1-2,4-5,11,13H,3,6-9,17H2,(H,18,20)(H,19,21);1H. The van der Waals surface area contributed by atoms with Gasteiger partial charge in [-0.2, -0.15) is 0 Å². The summed E-state index contributed by atoms with van der Waals surface area (Å²) in [5.74, 6) is -0.125. The van der Waals surface area contributed by atoms with Gasteiger partial charge >= 0.3 is 0 Å². The molecule has 4 N–H and O–H groups in total. The molecule has 1 aliphatic rings. The second kappa shape index (κ2) is 8.98. The van der Waals surface area contributed by atoms with Crippen LogP contribution in [-0.2, 0) is 4.79 Å². The third kappa shape index (κ3) is 5.48. The van der Waals surface area contributed by atoms with Crippen LogP contribution < -0.4 is 16.4 Å². The highest BCUT2D eigenvalue weighted by Crippen LogP contribution is 2.23. The molecule has 22 heavy (non-hydrogen) atoms. The van der Waals surface area contributed by atoms with Crippen molar-refractivity contribution in [3.8, 4) is 0 Å². The van der Waals surface area contributed by atoms with E-state index in [1.165, 1.54) is 0 Å². The van der Waals surface area contributed by atoms with Crippen molar-refractivity contribution in [2.45, 2.75) is 25.3 Å². The van der Waals surface area contributed by atoms with Crippen LogP contribution in [0.3, 0.4) is 0 Å². The van der Waals surface area contributed by atoms with Gasteiger partial charge in [-0.3, -0.25) is 9.59 Å². The first-order valence-corrected chi connectivity index (χ1v) is 7.51. The first-order valence-electron chi connectivity index (χ1n) is 7.13. The smallest absolute Gasteiger partial charge is 0.251 e. The molecular weight excluding hydrogens is 325 g/mol. The highest BCUT2D eigenvalue weighted by molar-refractivity contribution is 6.30. The average Bonchev–Trinajstić information content (AvgIpc) is 2.90. The van der Waals surface area contributed by atoms with Crippen LogP contribution in [0.5, 0.6) is 0 Å². The largest absolute Gasteiger partial charge is 0.354 e. The number of nitrogens with one attached hydrogen (secondary N) is 2. The van der Waals surface area contributed by atoms with Gasteiger partial charge in [0.1, 0.15) is 0 Å². The molecule has 0 aromatic heterocycles. The number of nitrogens with two attached hydrogens (primary N) is 1. The van der Waals surface area contributed by atoms with Crippen molar-refractivity contribution < 1.29 is 9.59 Å². The molecule has 0 saturated heterocycles. The quantitative estimate of drug-likeness (QED) is 0.710. The van der Waals surface area contributed by atoms with E-state index < -0.39 is 0 Å². The summed E-state index contributed by atoms with van der Waals surface area (Å²) in [4.78, 5) is 23.7. The second-order valence-electron chi connectivity index (χ2n) is 5.32. The summed E-state index contributed by atoms with van der Waals surface area (Å²) < 4.78 is 0. The minimum absolute atomic E-state index is 0. The molecule has 0 heterocycles. The fourth-order valence-electron chi connectivity index (χ4n) is 2.46. The molecule has 1 fully saturated rings. The lowest BCUT2D eigenvalue weighted by Gasteiger charge is -2.11. The summed E-state index contributed by atoms with van der Waals surface area (Å²) in [7, 11) is 0. The Hall–Kier alpha value is -1.30. The molecular formula is C15H21Cl2N3O2. The minimum Gasteiger partial charge on any atom is -0.354 e. The van der Waals surface area contributed by atoms with Gasteiger partial charge in [0.2, 0.25) is 5.91 Å². The zero-order valence-electron chi connectivity index (χ0n) is 12.2. The van der Waals surface area contributed by atoms with Gasteiger partial charge in [0, 0.05) is 35.6 Å². The molecule has 1 aliphatic carbocycles. The van der Waals surface area contributed by atoms with Gasteiger partial charge in [-0.25, -0.2) is 0 Å². The second-order valence-corrected chi connectivity index (χ2v) is 5.76. The third-order valence-corrected chi connectivity index (χ3v) is 3.91. The molecule has 1 aromatic carbocycles. The normalized spacial score (nSPS) is 20.1. The van der Waals surface area contributed by atoms with Crippen LogP contribution in [0.25, 0.3) is 0 Å². The van der Waals surface area contributed by atoms with E-state index in [0.717, 1.165) is 19.3 Å². The van der Waals surface area contributed by atoms with Crippen LogP contribution in [0.1, 0.15) is 29.6 Å². The fraction of sp³-hybridized carbons (Fsp3) is 0.467. The topological polar surface area (TPSA) is 84.2 Å². The van der Waals surface area contributed by atoms with Crippen LogP contribution in [0.4, 0.5) is 0 Å². The number of hydrogen-bond acceptors (Lipinski definition) is 3. The molecule has 122 valence electrons. The molecule has 1 saturated carbocycles. The third-order valence-electron chi connectivity index (χ3n) is 3.66. The molecule has 0 bridgehead atoms. The van der Waals surface area contributed by atoms with Gasteiger partial charge in [-0.05, 0) is 43.5 Å². The van der Waals surface area contributed by atoms with E-state index in [2.05, 4.69) is 10.6 Å². The first-order chi connectivity index (χ1) is 10.1. The Morgan fingerprint density at radius 1 is 1.14 bits per heavy atom.